The molecule has 0 aliphatic carbocycles. The molecule has 0 aliphatic rings. The fourth-order valence-corrected chi connectivity index (χ4v) is 2.72. The first-order valence-corrected chi connectivity index (χ1v) is 5.94. The van der Waals surface area contributed by atoms with Gasteiger partial charge in [-0.15, -0.1) is 11.3 Å². The maximum Gasteiger partial charge on any atom is 0.0345 e. The van der Waals surface area contributed by atoms with E-state index in [0.29, 0.717) is 5.41 Å². The lowest BCUT2D eigenvalue weighted by Crippen LogP contribution is -2.12. The van der Waals surface area contributed by atoms with Crippen LogP contribution in [0.15, 0.2) is 30.3 Å². The quantitative estimate of drug-likeness (QED) is 0.671. The second-order valence-electron chi connectivity index (χ2n) is 4.39. The Morgan fingerprint density at radius 1 is 1.21 bits per heavy atom. The van der Waals surface area contributed by atoms with E-state index in [1.54, 1.807) is 0 Å². The summed E-state index contributed by atoms with van der Waals surface area (Å²) in [7, 11) is 0. The van der Waals surface area contributed by atoms with Crippen LogP contribution >= 0.6 is 11.3 Å². The number of benzene rings is 1. The largest absolute Gasteiger partial charge is 0.140 e. The molecule has 1 aromatic heterocycles. The Morgan fingerprint density at radius 2 is 1.93 bits per heavy atom. The van der Waals surface area contributed by atoms with Gasteiger partial charge in [-0.2, -0.15) is 0 Å². The SMILES string of the molecule is CCC(C)(C)c1cc2ccccc2s1. The second-order valence-corrected chi connectivity index (χ2v) is 5.47. The van der Waals surface area contributed by atoms with Gasteiger partial charge in [0.1, 0.15) is 0 Å². The summed E-state index contributed by atoms with van der Waals surface area (Å²) in [6, 6.07) is 11.0. The van der Waals surface area contributed by atoms with Crippen molar-refractivity contribution in [3.8, 4) is 0 Å². The highest BCUT2D eigenvalue weighted by molar-refractivity contribution is 7.19. The zero-order valence-corrected chi connectivity index (χ0v) is 9.82. The highest BCUT2D eigenvalue weighted by atomic mass is 32.1. The van der Waals surface area contributed by atoms with E-state index in [1.165, 1.54) is 21.4 Å². The number of rotatable bonds is 2. The third-order valence-electron chi connectivity index (χ3n) is 2.98. The molecular formula is C13H16S. The summed E-state index contributed by atoms with van der Waals surface area (Å²) in [6.07, 6.45) is 1.19. The predicted octanol–water partition coefficient (Wildman–Crippen LogP) is 4.59. The van der Waals surface area contributed by atoms with Crippen LogP contribution in [-0.2, 0) is 5.41 Å². The summed E-state index contributed by atoms with van der Waals surface area (Å²) in [5.41, 5.74) is 0.323. The first-order chi connectivity index (χ1) is 6.63. The van der Waals surface area contributed by atoms with Gasteiger partial charge >= 0.3 is 0 Å². The molecule has 0 aliphatic heterocycles. The van der Waals surface area contributed by atoms with Crippen molar-refractivity contribution in [3.63, 3.8) is 0 Å². The Morgan fingerprint density at radius 3 is 2.57 bits per heavy atom. The Balaban J connectivity index is 2.55. The van der Waals surface area contributed by atoms with Gasteiger partial charge in [0.05, 0.1) is 0 Å². The van der Waals surface area contributed by atoms with Crippen molar-refractivity contribution >= 4 is 21.4 Å². The summed E-state index contributed by atoms with van der Waals surface area (Å²) in [6.45, 7) is 6.89. The standard InChI is InChI=1S/C13H16S/c1-4-13(2,3)12-9-10-7-5-6-8-11(10)14-12/h5-9H,4H2,1-3H3. The van der Waals surface area contributed by atoms with E-state index in [4.69, 9.17) is 0 Å². The van der Waals surface area contributed by atoms with Crippen LogP contribution < -0.4 is 0 Å². The van der Waals surface area contributed by atoms with E-state index in [9.17, 15) is 0 Å². The summed E-state index contributed by atoms with van der Waals surface area (Å²) < 4.78 is 1.41. The van der Waals surface area contributed by atoms with Crippen molar-refractivity contribution < 1.29 is 0 Å². The first kappa shape index (κ1) is 9.72. The summed E-state index contributed by atoms with van der Waals surface area (Å²) in [4.78, 5) is 1.50. The Labute approximate surface area is 89.6 Å². The molecule has 0 nitrogen and oxygen atoms in total. The normalized spacial score (nSPS) is 12.2. The minimum absolute atomic E-state index is 0.323. The zero-order valence-electron chi connectivity index (χ0n) is 9.00. The van der Waals surface area contributed by atoms with Gasteiger partial charge in [-0.1, -0.05) is 39.0 Å². The zero-order chi connectivity index (χ0) is 10.2. The Bertz CT molecular complexity index is 404. The highest BCUT2D eigenvalue weighted by Crippen LogP contribution is 2.36. The molecule has 1 aromatic carbocycles. The summed E-state index contributed by atoms with van der Waals surface area (Å²) in [5, 5.41) is 1.38. The molecule has 1 heteroatoms. The lowest BCUT2D eigenvalue weighted by Gasteiger charge is -2.20. The van der Waals surface area contributed by atoms with Gasteiger partial charge in [0.15, 0.2) is 0 Å². The lowest BCUT2D eigenvalue weighted by atomic mass is 9.88. The molecule has 0 N–H and O–H groups in total. The van der Waals surface area contributed by atoms with Gasteiger partial charge in [0.25, 0.3) is 0 Å². The van der Waals surface area contributed by atoms with Gasteiger partial charge in [-0.3, -0.25) is 0 Å². The molecule has 2 rings (SSSR count). The van der Waals surface area contributed by atoms with E-state index < -0.39 is 0 Å². The topological polar surface area (TPSA) is 0 Å². The van der Waals surface area contributed by atoms with Crippen LogP contribution in [-0.4, -0.2) is 0 Å². The molecule has 0 amide bonds. The first-order valence-electron chi connectivity index (χ1n) is 5.12. The van der Waals surface area contributed by atoms with Gasteiger partial charge in [-0.05, 0) is 29.4 Å². The van der Waals surface area contributed by atoms with E-state index in [1.807, 2.05) is 11.3 Å². The van der Waals surface area contributed by atoms with Crippen molar-refractivity contribution in [2.24, 2.45) is 0 Å². The van der Waals surface area contributed by atoms with E-state index in [2.05, 4.69) is 51.1 Å². The van der Waals surface area contributed by atoms with E-state index in [0.717, 1.165) is 0 Å². The van der Waals surface area contributed by atoms with Crippen molar-refractivity contribution in [2.45, 2.75) is 32.6 Å². The summed E-state index contributed by atoms with van der Waals surface area (Å²) >= 11 is 1.93. The number of fused-ring (bicyclic) bond motifs is 1. The van der Waals surface area contributed by atoms with Crippen LogP contribution in [0.1, 0.15) is 32.1 Å². The lowest BCUT2D eigenvalue weighted by molar-refractivity contribution is 0.517. The van der Waals surface area contributed by atoms with Crippen LogP contribution in [0.5, 0.6) is 0 Å². The predicted molar refractivity (Wildman–Crippen MR) is 65.1 cm³/mol. The Hall–Kier alpha value is -0.820. The molecule has 2 aromatic rings. The van der Waals surface area contributed by atoms with Gasteiger partial charge in [0, 0.05) is 9.58 Å². The monoisotopic (exact) mass is 204 g/mol. The van der Waals surface area contributed by atoms with Gasteiger partial charge in [0.2, 0.25) is 0 Å². The molecule has 0 bridgehead atoms. The molecular weight excluding hydrogens is 188 g/mol. The average Bonchev–Trinajstić information content (AvgIpc) is 2.61. The molecule has 0 radical (unpaired) electrons. The van der Waals surface area contributed by atoms with Gasteiger partial charge in [-0.25, -0.2) is 0 Å². The molecule has 14 heavy (non-hydrogen) atoms. The average molecular weight is 204 g/mol. The summed E-state index contributed by atoms with van der Waals surface area (Å²) in [5.74, 6) is 0. The number of hydrogen-bond donors (Lipinski definition) is 0. The fourth-order valence-electron chi connectivity index (χ4n) is 1.49. The molecule has 0 saturated carbocycles. The maximum absolute atomic E-state index is 2.34. The molecule has 0 atom stereocenters. The third kappa shape index (κ3) is 1.57. The van der Waals surface area contributed by atoms with Crippen LogP contribution in [0.25, 0.3) is 10.1 Å². The van der Waals surface area contributed by atoms with E-state index in [-0.39, 0.29) is 0 Å². The van der Waals surface area contributed by atoms with E-state index >= 15 is 0 Å². The maximum atomic E-state index is 2.34. The number of thiophene rings is 1. The smallest absolute Gasteiger partial charge is 0.0345 e. The van der Waals surface area contributed by atoms with Crippen molar-refractivity contribution in [1.29, 1.82) is 0 Å². The van der Waals surface area contributed by atoms with Crippen molar-refractivity contribution in [1.82, 2.24) is 0 Å². The fraction of sp³-hybridized carbons (Fsp3) is 0.385. The molecule has 0 saturated heterocycles. The van der Waals surface area contributed by atoms with Crippen LogP contribution in [0.3, 0.4) is 0 Å². The van der Waals surface area contributed by atoms with Crippen molar-refractivity contribution in [3.05, 3.63) is 35.2 Å². The molecule has 1 heterocycles. The molecule has 0 unspecified atom stereocenters. The van der Waals surface area contributed by atoms with Gasteiger partial charge < -0.3 is 0 Å². The third-order valence-corrected chi connectivity index (χ3v) is 4.46. The molecule has 0 spiro atoms. The molecule has 0 fully saturated rings. The van der Waals surface area contributed by atoms with Crippen LogP contribution in [0, 0.1) is 0 Å². The second kappa shape index (κ2) is 3.39. The number of hydrogen-bond acceptors (Lipinski definition) is 1. The minimum Gasteiger partial charge on any atom is -0.140 e. The highest BCUT2D eigenvalue weighted by Gasteiger charge is 2.20. The molecule has 74 valence electrons. The van der Waals surface area contributed by atoms with Crippen LogP contribution in [0.2, 0.25) is 0 Å². The van der Waals surface area contributed by atoms with Crippen LogP contribution in [0.4, 0.5) is 0 Å². The van der Waals surface area contributed by atoms with Crippen molar-refractivity contribution in [2.75, 3.05) is 0 Å². The minimum atomic E-state index is 0.323. The Kier molecular flexibility index (Phi) is 2.36.